The molecule has 2 aromatic carbocycles. The molecule has 0 unspecified atom stereocenters. The number of thiazole rings is 1. The molecule has 1 amide bonds. The van der Waals surface area contributed by atoms with Gasteiger partial charge in [-0.15, -0.1) is 11.3 Å². The van der Waals surface area contributed by atoms with Crippen molar-refractivity contribution >= 4 is 28.2 Å². The smallest absolute Gasteiger partial charge is 0.248 e. The number of nitrogens with zero attached hydrogens (tertiary/aromatic N) is 2. The number of hydrogen-bond donors (Lipinski definition) is 3. The van der Waals surface area contributed by atoms with Crippen LogP contribution in [0, 0.1) is 0 Å². The number of carbonyl (C=O) groups is 1. The third kappa shape index (κ3) is 3.43. The quantitative estimate of drug-likeness (QED) is 0.492. The minimum Gasteiger partial charge on any atom is -0.383 e. The van der Waals surface area contributed by atoms with E-state index in [0.717, 1.165) is 33.5 Å². The van der Waals surface area contributed by atoms with E-state index >= 15 is 0 Å². The highest BCUT2D eigenvalue weighted by molar-refractivity contribution is 7.13. The lowest BCUT2D eigenvalue weighted by Crippen LogP contribution is -2.10. The molecule has 4 aromatic rings. The van der Waals surface area contributed by atoms with Gasteiger partial charge in [0.25, 0.3) is 0 Å². The van der Waals surface area contributed by atoms with E-state index in [2.05, 4.69) is 9.97 Å². The molecule has 0 aliphatic heterocycles. The first-order valence-corrected chi connectivity index (χ1v) is 9.37. The van der Waals surface area contributed by atoms with Crippen LogP contribution in [-0.4, -0.2) is 15.9 Å². The Labute approximate surface area is 165 Å². The Morgan fingerprint density at radius 3 is 2.32 bits per heavy atom. The molecule has 0 saturated carbocycles. The van der Waals surface area contributed by atoms with Crippen molar-refractivity contribution in [1.29, 1.82) is 0 Å². The van der Waals surface area contributed by atoms with E-state index in [-0.39, 0.29) is 0 Å². The fraction of sp³-hybridized carbons (Fsp3) is 0. The Morgan fingerprint density at radius 1 is 0.893 bits per heavy atom. The number of aromatic nitrogens is 2. The summed E-state index contributed by atoms with van der Waals surface area (Å²) in [6, 6.07) is 17.0. The van der Waals surface area contributed by atoms with Gasteiger partial charge in [-0.3, -0.25) is 4.79 Å². The van der Waals surface area contributed by atoms with Crippen molar-refractivity contribution in [2.75, 3.05) is 11.5 Å². The van der Waals surface area contributed by atoms with Crippen molar-refractivity contribution in [2.24, 2.45) is 5.73 Å². The van der Waals surface area contributed by atoms with Crippen LogP contribution in [0.5, 0.6) is 0 Å². The average molecular weight is 387 g/mol. The van der Waals surface area contributed by atoms with E-state index in [0.29, 0.717) is 16.5 Å². The van der Waals surface area contributed by atoms with Crippen LogP contribution in [0.4, 0.5) is 10.9 Å². The molecule has 138 valence electrons. The molecule has 0 fully saturated rings. The fourth-order valence-electron chi connectivity index (χ4n) is 2.96. The van der Waals surface area contributed by atoms with Crippen molar-refractivity contribution in [3.05, 3.63) is 71.7 Å². The van der Waals surface area contributed by atoms with Crippen molar-refractivity contribution in [3.63, 3.8) is 0 Å². The third-order valence-corrected chi connectivity index (χ3v) is 5.09. The van der Waals surface area contributed by atoms with E-state index in [9.17, 15) is 4.79 Å². The molecule has 0 saturated heterocycles. The number of nitrogen functional groups attached to an aromatic ring is 2. The van der Waals surface area contributed by atoms with Crippen LogP contribution < -0.4 is 17.2 Å². The lowest BCUT2D eigenvalue weighted by Gasteiger charge is -2.10. The second-order valence-corrected chi connectivity index (χ2v) is 7.14. The van der Waals surface area contributed by atoms with Gasteiger partial charge in [0.15, 0.2) is 5.13 Å². The maximum atomic E-state index is 11.3. The standard InChI is InChI=1S/C21H17N5OS/c22-19-17(12-4-6-13(7-5-12)20(23)27)9-16(10-25-19)14-2-1-3-15(8-14)18-11-28-21(24)26-18/h1-11H,(H2,22,25)(H2,23,27)(H2,24,26). The largest absolute Gasteiger partial charge is 0.383 e. The molecule has 2 heterocycles. The summed E-state index contributed by atoms with van der Waals surface area (Å²) in [5.74, 6) is -0.0510. The van der Waals surface area contributed by atoms with Gasteiger partial charge >= 0.3 is 0 Å². The zero-order chi connectivity index (χ0) is 19.7. The number of primary amides is 1. The molecule has 6 N–H and O–H groups in total. The van der Waals surface area contributed by atoms with Crippen LogP contribution in [0.1, 0.15) is 10.4 Å². The summed E-state index contributed by atoms with van der Waals surface area (Å²) in [5.41, 5.74) is 23.0. The summed E-state index contributed by atoms with van der Waals surface area (Å²) in [5, 5.41) is 2.47. The van der Waals surface area contributed by atoms with E-state index < -0.39 is 5.91 Å². The van der Waals surface area contributed by atoms with Gasteiger partial charge in [0.2, 0.25) is 5.91 Å². The predicted molar refractivity (Wildman–Crippen MR) is 114 cm³/mol. The highest BCUT2D eigenvalue weighted by atomic mass is 32.1. The summed E-state index contributed by atoms with van der Waals surface area (Å²) < 4.78 is 0. The SMILES string of the molecule is NC(=O)c1ccc(-c2cc(-c3cccc(-c4csc(N)n4)c3)cnc2N)cc1. The maximum absolute atomic E-state index is 11.3. The number of hydrogen-bond acceptors (Lipinski definition) is 6. The average Bonchev–Trinajstić information content (AvgIpc) is 3.15. The number of pyridine rings is 1. The number of anilines is 2. The van der Waals surface area contributed by atoms with Gasteiger partial charge in [0, 0.05) is 33.8 Å². The molecule has 28 heavy (non-hydrogen) atoms. The minimum absolute atomic E-state index is 0.416. The van der Waals surface area contributed by atoms with E-state index in [1.807, 2.05) is 47.8 Å². The number of carbonyl (C=O) groups excluding carboxylic acids is 1. The summed E-state index contributed by atoms with van der Waals surface area (Å²) >= 11 is 1.41. The van der Waals surface area contributed by atoms with Crippen LogP contribution in [0.25, 0.3) is 33.5 Å². The van der Waals surface area contributed by atoms with E-state index in [4.69, 9.17) is 17.2 Å². The summed E-state index contributed by atoms with van der Waals surface area (Å²) in [4.78, 5) is 20.0. The topological polar surface area (TPSA) is 121 Å². The molecule has 4 rings (SSSR count). The highest BCUT2D eigenvalue weighted by Gasteiger charge is 2.10. The van der Waals surface area contributed by atoms with Crippen LogP contribution in [0.2, 0.25) is 0 Å². The zero-order valence-electron chi connectivity index (χ0n) is 14.8. The zero-order valence-corrected chi connectivity index (χ0v) is 15.6. The second kappa shape index (κ2) is 7.13. The van der Waals surface area contributed by atoms with Crippen molar-refractivity contribution in [1.82, 2.24) is 9.97 Å². The van der Waals surface area contributed by atoms with E-state index in [1.54, 1.807) is 18.3 Å². The Balaban J connectivity index is 1.74. The molecule has 0 atom stereocenters. The number of nitrogens with two attached hydrogens (primary N) is 3. The van der Waals surface area contributed by atoms with Crippen molar-refractivity contribution in [2.45, 2.75) is 0 Å². The van der Waals surface area contributed by atoms with Gasteiger partial charge in [-0.25, -0.2) is 9.97 Å². The molecule has 0 bridgehead atoms. The summed E-state index contributed by atoms with van der Waals surface area (Å²) in [6.45, 7) is 0. The lowest BCUT2D eigenvalue weighted by atomic mass is 9.98. The molecule has 0 aliphatic rings. The van der Waals surface area contributed by atoms with Crippen LogP contribution >= 0.6 is 11.3 Å². The number of rotatable bonds is 4. The third-order valence-electron chi connectivity index (χ3n) is 4.41. The molecule has 0 spiro atoms. The molecular formula is C21H17N5OS. The van der Waals surface area contributed by atoms with Crippen molar-refractivity contribution in [3.8, 4) is 33.5 Å². The molecular weight excluding hydrogens is 370 g/mol. The monoisotopic (exact) mass is 387 g/mol. The first kappa shape index (κ1) is 17.7. The van der Waals surface area contributed by atoms with Gasteiger partial charge in [-0.2, -0.15) is 0 Å². The Bertz CT molecular complexity index is 1170. The van der Waals surface area contributed by atoms with Crippen LogP contribution in [0.15, 0.2) is 66.2 Å². The van der Waals surface area contributed by atoms with Gasteiger partial charge in [-0.1, -0.05) is 30.3 Å². The van der Waals surface area contributed by atoms with Gasteiger partial charge in [-0.05, 0) is 35.4 Å². The molecule has 6 nitrogen and oxygen atoms in total. The predicted octanol–water partition coefficient (Wildman–Crippen LogP) is 3.80. The first-order valence-electron chi connectivity index (χ1n) is 8.49. The first-order chi connectivity index (χ1) is 13.5. The van der Waals surface area contributed by atoms with Crippen LogP contribution in [-0.2, 0) is 0 Å². The highest BCUT2D eigenvalue weighted by Crippen LogP contribution is 2.32. The lowest BCUT2D eigenvalue weighted by molar-refractivity contribution is 0.100. The number of amides is 1. The van der Waals surface area contributed by atoms with E-state index in [1.165, 1.54) is 11.3 Å². The van der Waals surface area contributed by atoms with Gasteiger partial charge in [0.1, 0.15) is 5.82 Å². The number of benzene rings is 2. The van der Waals surface area contributed by atoms with Gasteiger partial charge in [0.05, 0.1) is 5.69 Å². The Kier molecular flexibility index (Phi) is 4.50. The second-order valence-electron chi connectivity index (χ2n) is 6.25. The molecule has 0 radical (unpaired) electrons. The summed E-state index contributed by atoms with van der Waals surface area (Å²) in [6.07, 6.45) is 1.74. The fourth-order valence-corrected chi connectivity index (χ4v) is 3.53. The van der Waals surface area contributed by atoms with Crippen molar-refractivity contribution < 1.29 is 4.79 Å². The summed E-state index contributed by atoms with van der Waals surface area (Å²) in [7, 11) is 0. The maximum Gasteiger partial charge on any atom is 0.248 e. The molecule has 2 aromatic heterocycles. The van der Waals surface area contributed by atoms with Crippen LogP contribution in [0.3, 0.4) is 0 Å². The molecule has 7 heteroatoms. The minimum atomic E-state index is -0.467. The Morgan fingerprint density at radius 2 is 1.64 bits per heavy atom. The normalized spacial score (nSPS) is 10.7. The van der Waals surface area contributed by atoms with Gasteiger partial charge < -0.3 is 17.2 Å². The molecule has 0 aliphatic carbocycles. The Hall–Kier alpha value is -3.71.